The highest BCUT2D eigenvalue weighted by Crippen LogP contribution is 2.37. The van der Waals surface area contributed by atoms with Crippen molar-refractivity contribution in [2.75, 3.05) is 6.61 Å². The Balaban J connectivity index is 2.11. The molecule has 0 aliphatic heterocycles. The van der Waals surface area contributed by atoms with Gasteiger partial charge in [0, 0.05) is 0 Å². The molecule has 0 aromatic heterocycles. The van der Waals surface area contributed by atoms with E-state index >= 15 is 0 Å². The molecule has 1 rings (SSSR count). The molecule has 0 aromatic carbocycles. The van der Waals surface area contributed by atoms with Crippen molar-refractivity contribution in [1.82, 2.24) is 0 Å². The fraction of sp³-hybridized carbons (Fsp3) is 0.800. The lowest BCUT2D eigenvalue weighted by Crippen LogP contribution is -2.20. The fourth-order valence-electron chi connectivity index (χ4n) is 3.51. The summed E-state index contributed by atoms with van der Waals surface area (Å²) in [7, 11) is 0. The van der Waals surface area contributed by atoms with Crippen LogP contribution >= 0.6 is 0 Å². The van der Waals surface area contributed by atoms with E-state index in [2.05, 4.69) is 33.9 Å². The number of hydrogen-bond acceptors (Lipinski definition) is 1. The summed E-state index contributed by atoms with van der Waals surface area (Å²) in [5, 5.41) is 0. The third-order valence-corrected chi connectivity index (χ3v) is 5.17. The van der Waals surface area contributed by atoms with Crippen LogP contribution in [0, 0.1) is 23.7 Å². The summed E-state index contributed by atoms with van der Waals surface area (Å²) in [5.74, 6) is 4.40. The van der Waals surface area contributed by atoms with E-state index in [4.69, 9.17) is 4.74 Å². The minimum absolute atomic E-state index is 0.706. The second-order valence-corrected chi connectivity index (χ2v) is 7.39. The van der Waals surface area contributed by atoms with Crippen LogP contribution < -0.4 is 0 Å². The molecular weight excluding hydrogens is 256 g/mol. The Morgan fingerprint density at radius 3 is 2.38 bits per heavy atom. The first-order valence-corrected chi connectivity index (χ1v) is 8.97. The van der Waals surface area contributed by atoms with Gasteiger partial charge >= 0.3 is 0 Å². The van der Waals surface area contributed by atoms with Gasteiger partial charge in [0.05, 0.1) is 6.61 Å². The van der Waals surface area contributed by atoms with E-state index in [1.807, 2.05) is 0 Å². The molecular formula is C20H36O. The lowest BCUT2D eigenvalue weighted by atomic mass is 9.73. The smallest absolute Gasteiger partial charge is 0.111 e. The van der Waals surface area contributed by atoms with Crippen LogP contribution in [0.2, 0.25) is 0 Å². The summed E-state index contributed by atoms with van der Waals surface area (Å²) in [6, 6.07) is 0. The van der Waals surface area contributed by atoms with E-state index in [0.717, 1.165) is 36.7 Å². The van der Waals surface area contributed by atoms with Gasteiger partial charge in [0.1, 0.15) is 5.76 Å². The molecule has 122 valence electrons. The average Bonchev–Trinajstić information content (AvgIpc) is 2.49. The zero-order valence-corrected chi connectivity index (χ0v) is 14.6. The molecule has 21 heavy (non-hydrogen) atoms. The average molecular weight is 293 g/mol. The Hall–Kier alpha value is -0.720. The van der Waals surface area contributed by atoms with E-state index in [-0.39, 0.29) is 0 Å². The Labute approximate surface area is 132 Å². The van der Waals surface area contributed by atoms with Gasteiger partial charge in [0.25, 0.3) is 0 Å². The Kier molecular flexibility index (Phi) is 8.80. The molecule has 1 nitrogen and oxygen atoms in total. The van der Waals surface area contributed by atoms with E-state index in [0.29, 0.717) is 5.76 Å². The second-order valence-electron chi connectivity index (χ2n) is 7.39. The molecule has 1 saturated carbocycles. The number of allylic oxidation sites excluding steroid dienone is 1. The summed E-state index contributed by atoms with van der Waals surface area (Å²) in [5.41, 5.74) is 0. The maximum Gasteiger partial charge on any atom is 0.111 e. The van der Waals surface area contributed by atoms with Crippen LogP contribution in [-0.4, -0.2) is 6.61 Å². The summed E-state index contributed by atoms with van der Waals surface area (Å²) in [6.45, 7) is 15.4. The van der Waals surface area contributed by atoms with Crippen molar-refractivity contribution < 1.29 is 4.74 Å². The first-order valence-electron chi connectivity index (χ1n) is 8.97. The van der Waals surface area contributed by atoms with E-state index in [1.165, 1.54) is 44.9 Å². The third-order valence-electron chi connectivity index (χ3n) is 5.17. The minimum Gasteiger partial charge on any atom is -0.494 e. The maximum absolute atomic E-state index is 5.48. The van der Waals surface area contributed by atoms with Gasteiger partial charge in [0.2, 0.25) is 0 Å². The molecule has 0 aromatic rings. The van der Waals surface area contributed by atoms with Crippen molar-refractivity contribution in [3.05, 3.63) is 25.0 Å². The normalized spacial score (nSPS) is 23.8. The zero-order chi connectivity index (χ0) is 15.7. The number of rotatable bonds is 10. The molecule has 1 aliphatic rings. The number of hydrogen-bond donors (Lipinski definition) is 0. The Bertz CT molecular complexity index is 297. The van der Waals surface area contributed by atoms with Crippen molar-refractivity contribution >= 4 is 0 Å². The van der Waals surface area contributed by atoms with Crippen molar-refractivity contribution in [2.24, 2.45) is 23.7 Å². The summed E-state index contributed by atoms with van der Waals surface area (Å²) >= 11 is 0. The van der Waals surface area contributed by atoms with E-state index < -0.39 is 0 Å². The molecule has 0 amide bonds. The predicted molar refractivity (Wildman–Crippen MR) is 93.2 cm³/mol. The highest BCUT2D eigenvalue weighted by Gasteiger charge is 2.24. The largest absolute Gasteiger partial charge is 0.494 e. The lowest BCUT2D eigenvalue weighted by Gasteiger charge is -2.32. The molecule has 1 heteroatoms. The van der Waals surface area contributed by atoms with Gasteiger partial charge < -0.3 is 4.74 Å². The molecule has 0 N–H and O–H groups in total. The van der Waals surface area contributed by atoms with Gasteiger partial charge in [-0.15, -0.1) is 0 Å². The zero-order valence-electron chi connectivity index (χ0n) is 14.6. The monoisotopic (exact) mass is 292 g/mol. The van der Waals surface area contributed by atoms with Crippen molar-refractivity contribution in [2.45, 2.75) is 72.1 Å². The molecule has 0 bridgehead atoms. The molecule has 1 atom stereocenters. The highest BCUT2D eigenvalue weighted by molar-refractivity contribution is 5.01. The van der Waals surface area contributed by atoms with Gasteiger partial charge in [-0.2, -0.15) is 0 Å². The van der Waals surface area contributed by atoms with Gasteiger partial charge in [-0.05, 0) is 55.4 Å². The third kappa shape index (κ3) is 7.74. The summed E-state index contributed by atoms with van der Waals surface area (Å²) in [4.78, 5) is 0. The van der Waals surface area contributed by atoms with Crippen LogP contribution in [0.5, 0.6) is 0 Å². The molecule has 0 heterocycles. The van der Waals surface area contributed by atoms with Gasteiger partial charge in [-0.3, -0.25) is 0 Å². The first-order chi connectivity index (χ1) is 10.0. The molecule has 1 fully saturated rings. The molecule has 0 saturated heterocycles. The highest BCUT2D eigenvalue weighted by atomic mass is 16.5. The van der Waals surface area contributed by atoms with Crippen LogP contribution in [0.25, 0.3) is 0 Å². The van der Waals surface area contributed by atoms with Gasteiger partial charge in [0.15, 0.2) is 0 Å². The molecule has 0 spiro atoms. The molecule has 1 aliphatic carbocycles. The summed E-state index contributed by atoms with van der Waals surface area (Å²) in [6.07, 6.45) is 12.7. The SMILES string of the molecule is C=CC(=C)OCCCC1CCC(C(C)CCC(C)C)CC1. The Morgan fingerprint density at radius 2 is 1.81 bits per heavy atom. The van der Waals surface area contributed by atoms with Crippen molar-refractivity contribution in [1.29, 1.82) is 0 Å². The molecule has 0 radical (unpaired) electrons. The quantitative estimate of drug-likeness (QED) is 0.258. The van der Waals surface area contributed by atoms with Crippen LogP contribution in [0.1, 0.15) is 72.1 Å². The molecule has 1 unspecified atom stereocenters. The van der Waals surface area contributed by atoms with Crippen LogP contribution in [0.4, 0.5) is 0 Å². The summed E-state index contributed by atoms with van der Waals surface area (Å²) < 4.78 is 5.48. The maximum atomic E-state index is 5.48. The minimum atomic E-state index is 0.706. The van der Waals surface area contributed by atoms with E-state index in [1.54, 1.807) is 6.08 Å². The number of ether oxygens (including phenoxy) is 1. The van der Waals surface area contributed by atoms with E-state index in [9.17, 15) is 0 Å². The standard InChI is InChI=1S/C20H36O/c1-6-18(5)21-15-7-8-19-11-13-20(14-12-19)17(4)10-9-16(2)3/h6,16-17,19-20H,1,5,7-15H2,2-4H3. The first kappa shape index (κ1) is 18.3. The lowest BCUT2D eigenvalue weighted by molar-refractivity contribution is 0.174. The van der Waals surface area contributed by atoms with Crippen molar-refractivity contribution in [3.63, 3.8) is 0 Å². The van der Waals surface area contributed by atoms with Crippen LogP contribution in [0.15, 0.2) is 25.0 Å². The predicted octanol–water partition coefficient (Wildman–Crippen LogP) is 6.36. The van der Waals surface area contributed by atoms with Gasteiger partial charge in [-0.1, -0.05) is 59.6 Å². The van der Waals surface area contributed by atoms with Gasteiger partial charge in [-0.25, -0.2) is 0 Å². The van der Waals surface area contributed by atoms with Crippen molar-refractivity contribution in [3.8, 4) is 0 Å². The fourth-order valence-corrected chi connectivity index (χ4v) is 3.51. The Morgan fingerprint density at radius 1 is 1.14 bits per heavy atom. The van der Waals surface area contributed by atoms with Crippen LogP contribution in [-0.2, 0) is 4.74 Å². The second kappa shape index (κ2) is 10.1. The van der Waals surface area contributed by atoms with Crippen LogP contribution in [0.3, 0.4) is 0 Å². The topological polar surface area (TPSA) is 9.23 Å².